The number of anilines is 1. The van der Waals surface area contributed by atoms with Gasteiger partial charge in [0.05, 0.1) is 28.5 Å². The minimum absolute atomic E-state index is 0.00825. The Labute approximate surface area is 200 Å². The van der Waals surface area contributed by atoms with Crippen LogP contribution in [0.25, 0.3) is 11.1 Å². The summed E-state index contributed by atoms with van der Waals surface area (Å²) in [6, 6.07) is 6.91. The van der Waals surface area contributed by atoms with Crippen molar-refractivity contribution < 1.29 is 13.9 Å². The summed E-state index contributed by atoms with van der Waals surface area (Å²) in [5, 5.41) is 9.56. The van der Waals surface area contributed by atoms with Gasteiger partial charge in [-0.25, -0.2) is 19.3 Å². The smallest absolute Gasteiger partial charge is 0.322 e. The zero-order valence-electron chi connectivity index (χ0n) is 18.6. The van der Waals surface area contributed by atoms with Gasteiger partial charge in [-0.3, -0.25) is 4.79 Å². The molecule has 34 heavy (non-hydrogen) atoms. The zero-order valence-corrected chi connectivity index (χ0v) is 19.4. The highest BCUT2D eigenvalue weighted by atomic mass is 35.5. The maximum Gasteiger partial charge on any atom is 0.322 e. The Balaban J connectivity index is 1.36. The van der Waals surface area contributed by atoms with E-state index in [2.05, 4.69) is 20.5 Å². The normalized spacial score (nSPS) is 18.7. The number of amides is 2. The number of urea groups is 1. The van der Waals surface area contributed by atoms with Crippen molar-refractivity contribution in [2.24, 2.45) is 0 Å². The molecule has 2 N–H and O–H groups in total. The van der Waals surface area contributed by atoms with Crippen LogP contribution < -0.4 is 15.6 Å². The van der Waals surface area contributed by atoms with Crippen molar-refractivity contribution in [2.75, 3.05) is 5.32 Å². The van der Waals surface area contributed by atoms with Crippen LogP contribution in [-0.2, 0) is 6.42 Å². The zero-order chi connectivity index (χ0) is 24.0. The predicted molar refractivity (Wildman–Crippen MR) is 126 cm³/mol. The molecule has 3 aromatic rings. The molecule has 2 bridgehead atoms. The number of fused-ring (bicyclic) bond motifs is 4. The molecule has 0 aliphatic carbocycles. The van der Waals surface area contributed by atoms with Gasteiger partial charge in [0.2, 0.25) is 5.88 Å². The molecule has 2 atom stereocenters. The van der Waals surface area contributed by atoms with E-state index in [0.717, 1.165) is 18.4 Å². The van der Waals surface area contributed by atoms with E-state index in [1.54, 1.807) is 23.2 Å². The molecule has 176 valence electrons. The number of carbonyl (C=O) groups excluding carboxylic acids is 1. The molecule has 1 aromatic carbocycles. The largest absolute Gasteiger partial charge is 0.475 e. The van der Waals surface area contributed by atoms with Crippen LogP contribution in [0.4, 0.5) is 14.9 Å². The van der Waals surface area contributed by atoms with Crippen LogP contribution in [0.1, 0.15) is 44.0 Å². The van der Waals surface area contributed by atoms with E-state index in [1.165, 1.54) is 18.2 Å². The Bertz CT molecular complexity index is 1310. The van der Waals surface area contributed by atoms with E-state index in [0.29, 0.717) is 29.1 Å². The van der Waals surface area contributed by atoms with E-state index in [-0.39, 0.29) is 34.5 Å². The minimum Gasteiger partial charge on any atom is -0.475 e. The summed E-state index contributed by atoms with van der Waals surface area (Å²) in [5.74, 6) is -0.141. The number of halogens is 2. The number of nitrogens with one attached hydrogen (secondary N) is 2. The summed E-state index contributed by atoms with van der Waals surface area (Å²) >= 11 is 6.45. The Morgan fingerprint density at radius 1 is 1.29 bits per heavy atom. The summed E-state index contributed by atoms with van der Waals surface area (Å²) in [6.45, 7) is 3.81. The molecule has 2 aromatic heterocycles. The van der Waals surface area contributed by atoms with Gasteiger partial charge < -0.3 is 15.0 Å². The highest BCUT2D eigenvalue weighted by Crippen LogP contribution is 2.42. The number of pyridine rings is 1. The monoisotopic (exact) mass is 483 g/mol. The predicted octanol–water partition coefficient (Wildman–Crippen LogP) is 4.71. The van der Waals surface area contributed by atoms with E-state index in [1.807, 2.05) is 13.8 Å². The van der Waals surface area contributed by atoms with Gasteiger partial charge in [-0.1, -0.05) is 11.6 Å². The Morgan fingerprint density at radius 3 is 2.85 bits per heavy atom. The van der Waals surface area contributed by atoms with Gasteiger partial charge >= 0.3 is 6.03 Å². The average molecular weight is 484 g/mol. The molecule has 2 aliphatic rings. The second-order valence-electron chi connectivity index (χ2n) is 8.79. The highest BCUT2D eigenvalue weighted by molar-refractivity contribution is 6.33. The molecule has 2 amide bonds. The quantitative estimate of drug-likeness (QED) is 0.560. The van der Waals surface area contributed by atoms with Crippen LogP contribution in [0.3, 0.4) is 0 Å². The first-order chi connectivity index (χ1) is 16.3. The van der Waals surface area contributed by atoms with Crippen molar-refractivity contribution in [2.45, 2.75) is 51.3 Å². The van der Waals surface area contributed by atoms with Crippen LogP contribution in [-0.4, -0.2) is 38.3 Å². The topological polar surface area (TPSA) is 100 Å². The van der Waals surface area contributed by atoms with Crippen molar-refractivity contribution in [1.29, 1.82) is 0 Å². The Kier molecular flexibility index (Phi) is 5.73. The highest BCUT2D eigenvalue weighted by Gasteiger charge is 2.44. The molecule has 1 saturated heterocycles. The van der Waals surface area contributed by atoms with E-state index < -0.39 is 11.8 Å². The van der Waals surface area contributed by atoms with E-state index >= 15 is 0 Å². The number of rotatable bonds is 4. The van der Waals surface area contributed by atoms with Crippen LogP contribution in [0.2, 0.25) is 5.02 Å². The third-order valence-electron chi connectivity index (χ3n) is 6.13. The summed E-state index contributed by atoms with van der Waals surface area (Å²) < 4.78 is 20.5. The van der Waals surface area contributed by atoms with Gasteiger partial charge in [-0.05, 0) is 56.9 Å². The number of aromatic nitrogens is 3. The number of benzene rings is 1. The molecule has 0 radical (unpaired) electrons. The molecular weight excluding hydrogens is 461 g/mol. The van der Waals surface area contributed by atoms with Crippen molar-refractivity contribution in [3.8, 4) is 17.0 Å². The number of hydrogen-bond acceptors (Lipinski definition) is 5. The number of aromatic amines is 1. The van der Waals surface area contributed by atoms with E-state index in [9.17, 15) is 14.0 Å². The number of carbonyl (C=O) groups is 1. The van der Waals surface area contributed by atoms with Crippen LogP contribution in [0, 0.1) is 5.82 Å². The Morgan fingerprint density at radius 2 is 2.12 bits per heavy atom. The first kappa shape index (κ1) is 22.3. The summed E-state index contributed by atoms with van der Waals surface area (Å²) in [5.41, 5.74) is 2.37. The SMILES string of the molecule is CC(C)Oc1ccc(-c2cc(F)c(NC(=O)N3[C@H]4CC[C@@H]3c3n[nH]c(=O)cc3C4)cc2Cl)cn1. The van der Waals surface area contributed by atoms with Gasteiger partial charge in [0.1, 0.15) is 5.82 Å². The summed E-state index contributed by atoms with van der Waals surface area (Å²) in [4.78, 5) is 30.7. The molecule has 0 saturated carbocycles. The van der Waals surface area contributed by atoms with Crippen LogP contribution in [0.5, 0.6) is 5.88 Å². The lowest BCUT2D eigenvalue weighted by atomic mass is 9.99. The van der Waals surface area contributed by atoms with Crippen LogP contribution in [0.15, 0.2) is 41.3 Å². The fourth-order valence-electron chi connectivity index (χ4n) is 4.71. The van der Waals surface area contributed by atoms with Crippen molar-refractivity contribution in [1.82, 2.24) is 20.1 Å². The van der Waals surface area contributed by atoms with E-state index in [4.69, 9.17) is 16.3 Å². The molecule has 10 heteroatoms. The summed E-state index contributed by atoms with van der Waals surface area (Å²) in [6.07, 6.45) is 3.62. The third-order valence-corrected chi connectivity index (χ3v) is 6.44. The van der Waals surface area contributed by atoms with Gasteiger partial charge in [0.25, 0.3) is 5.56 Å². The standard InChI is InChI=1S/C24H23ClFN5O3/c1-12(2)34-22-6-3-13(11-27-22)16-9-18(26)19(10-17(16)25)28-24(33)31-15-4-5-20(31)23-14(7-15)8-21(32)29-30-23/h3,6,8-12,15,20H,4-5,7H2,1-2H3,(H,28,33)(H,29,32)/t15-,20+/m0/s1. The third kappa shape index (κ3) is 4.11. The van der Waals surface area contributed by atoms with Gasteiger partial charge in [-0.2, -0.15) is 5.10 Å². The molecule has 2 aliphatic heterocycles. The number of nitrogens with zero attached hydrogens (tertiary/aromatic N) is 3. The van der Waals surface area contributed by atoms with Gasteiger partial charge in [0, 0.05) is 35.5 Å². The lowest BCUT2D eigenvalue weighted by Crippen LogP contribution is -2.45. The first-order valence-electron chi connectivity index (χ1n) is 11.1. The number of H-pyrrole nitrogens is 1. The minimum atomic E-state index is -0.609. The van der Waals surface area contributed by atoms with Crippen molar-refractivity contribution in [3.05, 3.63) is 69.0 Å². The second kappa shape index (κ2) is 8.72. The maximum absolute atomic E-state index is 15.0. The van der Waals surface area contributed by atoms with Crippen LogP contribution >= 0.6 is 11.6 Å². The first-order valence-corrected chi connectivity index (χ1v) is 11.5. The Hall–Kier alpha value is -3.46. The fraction of sp³-hybridized carbons (Fsp3) is 0.333. The molecule has 8 nitrogen and oxygen atoms in total. The lowest BCUT2D eigenvalue weighted by Gasteiger charge is -2.35. The molecular formula is C24H23ClFN5O3. The second-order valence-corrected chi connectivity index (χ2v) is 9.20. The van der Waals surface area contributed by atoms with Crippen molar-refractivity contribution >= 4 is 23.3 Å². The molecule has 0 unspecified atom stereocenters. The van der Waals surface area contributed by atoms with Crippen molar-refractivity contribution in [3.63, 3.8) is 0 Å². The number of hydrogen-bond donors (Lipinski definition) is 2. The average Bonchev–Trinajstić information content (AvgIpc) is 3.11. The lowest BCUT2D eigenvalue weighted by molar-refractivity contribution is 0.177. The number of ether oxygens (including phenoxy) is 1. The molecule has 5 rings (SSSR count). The maximum atomic E-state index is 15.0. The molecule has 1 fully saturated rings. The molecule has 0 spiro atoms. The molecule has 4 heterocycles. The van der Waals surface area contributed by atoms with Gasteiger partial charge in [-0.15, -0.1) is 0 Å². The fourth-order valence-corrected chi connectivity index (χ4v) is 4.98. The van der Waals surface area contributed by atoms with Gasteiger partial charge in [0.15, 0.2) is 0 Å². The summed E-state index contributed by atoms with van der Waals surface area (Å²) in [7, 11) is 0.